The molecular weight excluding hydrogens is 272 g/mol. The van der Waals surface area contributed by atoms with Crippen LogP contribution in [-0.2, 0) is 16.0 Å². The highest BCUT2D eigenvalue weighted by atomic mass is 16.5. The Morgan fingerprint density at radius 3 is 2.90 bits per heavy atom. The summed E-state index contributed by atoms with van der Waals surface area (Å²) in [5.74, 6) is -0.902. The molecular formula is C15H18N2O4. The molecule has 1 unspecified atom stereocenters. The first-order chi connectivity index (χ1) is 10.1. The molecule has 6 nitrogen and oxygen atoms in total. The minimum Gasteiger partial charge on any atom is -0.481 e. The Morgan fingerprint density at radius 1 is 1.29 bits per heavy atom. The van der Waals surface area contributed by atoms with Gasteiger partial charge in [-0.3, -0.25) is 9.69 Å². The van der Waals surface area contributed by atoms with E-state index in [2.05, 4.69) is 0 Å². The average Bonchev–Trinajstić information content (AvgIpc) is 2.90. The first-order valence-electron chi connectivity index (χ1n) is 7.13. The lowest BCUT2D eigenvalue weighted by atomic mass is 10.2. The van der Waals surface area contributed by atoms with Crippen LogP contribution in [0.4, 0.5) is 10.5 Å². The second kappa shape index (κ2) is 5.73. The van der Waals surface area contributed by atoms with E-state index in [1.807, 2.05) is 24.3 Å². The zero-order chi connectivity index (χ0) is 14.8. The SMILES string of the molecule is O=C(O)CC1CN(C(=O)N2CCc3ccccc32)CCO1. The molecule has 112 valence electrons. The second-order valence-electron chi connectivity index (χ2n) is 5.35. The maximum absolute atomic E-state index is 12.6. The molecule has 2 amide bonds. The number of amides is 2. The molecule has 0 radical (unpaired) electrons. The number of nitrogens with zero attached hydrogens (tertiary/aromatic N) is 2. The van der Waals surface area contributed by atoms with Crippen LogP contribution < -0.4 is 4.90 Å². The Balaban J connectivity index is 1.70. The number of carboxylic acid groups (broad SMARTS) is 1. The lowest BCUT2D eigenvalue weighted by Gasteiger charge is -2.35. The van der Waals surface area contributed by atoms with Gasteiger partial charge in [-0.15, -0.1) is 0 Å². The van der Waals surface area contributed by atoms with Gasteiger partial charge in [-0.1, -0.05) is 18.2 Å². The average molecular weight is 290 g/mol. The maximum Gasteiger partial charge on any atom is 0.324 e. The van der Waals surface area contributed by atoms with E-state index in [9.17, 15) is 9.59 Å². The fraction of sp³-hybridized carbons (Fsp3) is 0.467. The first-order valence-corrected chi connectivity index (χ1v) is 7.13. The van der Waals surface area contributed by atoms with E-state index in [1.165, 1.54) is 5.56 Å². The van der Waals surface area contributed by atoms with Crippen LogP contribution >= 0.6 is 0 Å². The topological polar surface area (TPSA) is 70.1 Å². The third kappa shape index (κ3) is 2.85. The van der Waals surface area contributed by atoms with Crippen molar-refractivity contribution in [2.75, 3.05) is 31.1 Å². The van der Waals surface area contributed by atoms with Crippen LogP contribution in [0.2, 0.25) is 0 Å². The van der Waals surface area contributed by atoms with E-state index in [0.717, 1.165) is 12.1 Å². The highest BCUT2D eigenvalue weighted by Crippen LogP contribution is 2.28. The van der Waals surface area contributed by atoms with Crippen molar-refractivity contribution in [3.05, 3.63) is 29.8 Å². The first kappa shape index (κ1) is 13.9. The van der Waals surface area contributed by atoms with E-state index in [1.54, 1.807) is 9.80 Å². The van der Waals surface area contributed by atoms with Gasteiger partial charge in [-0.2, -0.15) is 0 Å². The maximum atomic E-state index is 12.6. The van der Waals surface area contributed by atoms with Crippen LogP contribution in [0.3, 0.4) is 0 Å². The number of ether oxygens (including phenoxy) is 1. The number of urea groups is 1. The molecule has 2 aliphatic rings. The summed E-state index contributed by atoms with van der Waals surface area (Å²) in [7, 11) is 0. The van der Waals surface area contributed by atoms with Crippen molar-refractivity contribution in [3.63, 3.8) is 0 Å². The number of benzene rings is 1. The van der Waals surface area contributed by atoms with Gasteiger partial charge in [-0.05, 0) is 18.1 Å². The van der Waals surface area contributed by atoms with Crippen LogP contribution in [0.5, 0.6) is 0 Å². The molecule has 3 rings (SSSR count). The van der Waals surface area contributed by atoms with Crippen LogP contribution in [0.15, 0.2) is 24.3 Å². The minimum atomic E-state index is -0.902. The van der Waals surface area contributed by atoms with Crippen molar-refractivity contribution in [3.8, 4) is 0 Å². The van der Waals surface area contributed by atoms with Crippen molar-refractivity contribution >= 4 is 17.7 Å². The molecule has 1 saturated heterocycles. The predicted octanol–water partition coefficient (Wildman–Crippen LogP) is 1.34. The molecule has 0 saturated carbocycles. The van der Waals surface area contributed by atoms with Gasteiger partial charge in [-0.25, -0.2) is 4.79 Å². The van der Waals surface area contributed by atoms with Gasteiger partial charge in [0.15, 0.2) is 0 Å². The van der Waals surface area contributed by atoms with Gasteiger partial charge < -0.3 is 14.7 Å². The summed E-state index contributed by atoms with van der Waals surface area (Å²) in [6, 6.07) is 7.84. The molecule has 1 aromatic carbocycles. The highest BCUT2D eigenvalue weighted by Gasteiger charge is 2.32. The summed E-state index contributed by atoms with van der Waals surface area (Å²) in [6.07, 6.45) is 0.378. The number of carbonyl (C=O) groups excluding carboxylic acids is 1. The van der Waals surface area contributed by atoms with E-state index >= 15 is 0 Å². The summed E-state index contributed by atoms with van der Waals surface area (Å²) in [5.41, 5.74) is 2.14. The standard InChI is InChI=1S/C15H18N2O4/c18-14(19)9-12-10-16(7-8-21-12)15(20)17-6-5-11-3-1-2-4-13(11)17/h1-4,12H,5-10H2,(H,18,19). The molecule has 0 bridgehead atoms. The third-order valence-corrected chi connectivity index (χ3v) is 3.93. The molecule has 0 spiro atoms. The van der Waals surface area contributed by atoms with E-state index in [4.69, 9.17) is 9.84 Å². The molecule has 1 fully saturated rings. The van der Waals surface area contributed by atoms with Gasteiger partial charge in [0.2, 0.25) is 0 Å². The molecule has 6 heteroatoms. The Kier molecular flexibility index (Phi) is 3.79. The normalized spacial score (nSPS) is 21.2. The molecule has 1 aromatic rings. The summed E-state index contributed by atoms with van der Waals surface area (Å²) >= 11 is 0. The fourth-order valence-corrected chi connectivity index (χ4v) is 2.92. The van der Waals surface area contributed by atoms with Crippen LogP contribution in [0.1, 0.15) is 12.0 Å². The minimum absolute atomic E-state index is 0.0568. The van der Waals surface area contributed by atoms with Crippen molar-refractivity contribution in [1.82, 2.24) is 4.90 Å². The molecule has 2 heterocycles. The van der Waals surface area contributed by atoms with Gasteiger partial charge in [0.05, 0.1) is 19.1 Å². The zero-order valence-corrected chi connectivity index (χ0v) is 11.7. The summed E-state index contributed by atoms with van der Waals surface area (Å²) < 4.78 is 5.41. The van der Waals surface area contributed by atoms with Gasteiger partial charge in [0.1, 0.15) is 0 Å². The van der Waals surface area contributed by atoms with Crippen molar-refractivity contribution < 1.29 is 19.4 Å². The third-order valence-electron chi connectivity index (χ3n) is 3.93. The van der Waals surface area contributed by atoms with Crippen molar-refractivity contribution in [1.29, 1.82) is 0 Å². The smallest absolute Gasteiger partial charge is 0.324 e. The predicted molar refractivity (Wildman–Crippen MR) is 76.5 cm³/mol. The van der Waals surface area contributed by atoms with E-state index in [-0.39, 0.29) is 12.5 Å². The number of carboxylic acids is 1. The molecule has 1 N–H and O–H groups in total. The Hall–Kier alpha value is -2.08. The van der Waals surface area contributed by atoms with Crippen LogP contribution in [0, 0.1) is 0 Å². The largest absolute Gasteiger partial charge is 0.481 e. The quantitative estimate of drug-likeness (QED) is 0.892. The molecule has 21 heavy (non-hydrogen) atoms. The van der Waals surface area contributed by atoms with Crippen molar-refractivity contribution in [2.45, 2.75) is 18.9 Å². The highest BCUT2D eigenvalue weighted by molar-refractivity contribution is 5.94. The Morgan fingerprint density at radius 2 is 2.10 bits per heavy atom. The number of hydrogen-bond donors (Lipinski definition) is 1. The lowest BCUT2D eigenvalue weighted by Crippen LogP contribution is -2.51. The Labute approximate surface area is 122 Å². The lowest BCUT2D eigenvalue weighted by molar-refractivity contribution is -0.141. The molecule has 0 aliphatic carbocycles. The summed E-state index contributed by atoms with van der Waals surface area (Å²) in [6.45, 7) is 1.91. The fourth-order valence-electron chi connectivity index (χ4n) is 2.92. The number of morpholine rings is 1. The Bertz CT molecular complexity index is 560. The van der Waals surface area contributed by atoms with Gasteiger partial charge in [0.25, 0.3) is 0 Å². The molecule has 2 aliphatic heterocycles. The monoisotopic (exact) mass is 290 g/mol. The summed E-state index contributed by atoms with van der Waals surface area (Å²) in [4.78, 5) is 26.9. The zero-order valence-electron chi connectivity index (χ0n) is 11.7. The number of para-hydroxylation sites is 1. The van der Waals surface area contributed by atoms with E-state index < -0.39 is 12.1 Å². The van der Waals surface area contributed by atoms with Gasteiger partial charge in [0, 0.05) is 25.3 Å². The number of rotatable bonds is 2. The summed E-state index contributed by atoms with van der Waals surface area (Å²) in [5, 5.41) is 8.84. The number of fused-ring (bicyclic) bond motifs is 1. The van der Waals surface area contributed by atoms with Crippen LogP contribution in [0.25, 0.3) is 0 Å². The number of hydrogen-bond acceptors (Lipinski definition) is 3. The van der Waals surface area contributed by atoms with E-state index in [0.29, 0.717) is 26.2 Å². The number of anilines is 1. The molecule has 0 aromatic heterocycles. The van der Waals surface area contributed by atoms with Gasteiger partial charge >= 0.3 is 12.0 Å². The number of aliphatic carboxylic acids is 1. The van der Waals surface area contributed by atoms with Crippen molar-refractivity contribution in [2.24, 2.45) is 0 Å². The second-order valence-corrected chi connectivity index (χ2v) is 5.35. The number of carbonyl (C=O) groups is 2. The van der Waals surface area contributed by atoms with Crippen LogP contribution in [-0.4, -0.2) is 54.4 Å². The molecule has 1 atom stereocenters.